The van der Waals surface area contributed by atoms with Crippen molar-refractivity contribution in [1.82, 2.24) is 14.1 Å². The molecule has 0 aliphatic carbocycles. The molecule has 4 rings (SSSR count). The number of benzene rings is 1. The first kappa shape index (κ1) is 21.0. The first-order chi connectivity index (χ1) is 14.4. The monoisotopic (exact) mass is 466 g/mol. The molecule has 0 unspecified atom stereocenters. The van der Waals surface area contributed by atoms with E-state index in [0.29, 0.717) is 25.6 Å². The van der Waals surface area contributed by atoms with Crippen LogP contribution in [-0.2, 0) is 21.3 Å². The maximum Gasteiger partial charge on any atom is 0.256 e. The lowest BCUT2D eigenvalue weighted by molar-refractivity contribution is 0.0730. The van der Waals surface area contributed by atoms with E-state index in [1.54, 1.807) is 28.3 Å². The molecule has 1 N–H and O–H groups in total. The van der Waals surface area contributed by atoms with Gasteiger partial charge >= 0.3 is 0 Å². The molecule has 1 fully saturated rings. The Kier molecular flexibility index (Phi) is 6.21. The van der Waals surface area contributed by atoms with Crippen molar-refractivity contribution in [3.05, 3.63) is 63.4 Å². The Hall–Kier alpha value is -2.24. The summed E-state index contributed by atoms with van der Waals surface area (Å²) in [5.74, 6) is 0.0685. The van der Waals surface area contributed by atoms with Crippen molar-refractivity contribution in [2.75, 3.05) is 31.6 Å². The number of ether oxygens (including phenoxy) is 1. The van der Waals surface area contributed by atoms with E-state index in [1.807, 2.05) is 17.5 Å². The summed E-state index contributed by atoms with van der Waals surface area (Å²) >= 11 is 7.77. The maximum atomic E-state index is 13.0. The molecule has 0 bridgehead atoms. The lowest BCUT2D eigenvalue weighted by atomic mass is 10.2. The van der Waals surface area contributed by atoms with Gasteiger partial charge in [-0.2, -0.15) is 9.40 Å². The molecule has 1 saturated heterocycles. The second-order valence-corrected chi connectivity index (χ2v) is 9.92. The van der Waals surface area contributed by atoms with E-state index in [0.717, 1.165) is 4.88 Å². The fourth-order valence-corrected chi connectivity index (χ4v) is 5.67. The van der Waals surface area contributed by atoms with Gasteiger partial charge < -0.3 is 10.1 Å². The third-order valence-corrected chi connectivity index (χ3v) is 7.87. The number of thiophene rings is 1. The van der Waals surface area contributed by atoms with E-state index in [4.69, 9.17) is 16.3 Å². The van der Waals surface area contributed by atoms with Crippen LogP contribution in [0.1, 0.15) is 15.2 Å². The third kappa shape index (κ3) is 4.42. The van der Waals surface area contributed by atoms with E-state index in [1.165, 1.54) is 22.5 Å². The highest BCUT2D eigenvalue weighted by atomic mass is 35.5. The highest BCUT2D eigenvalue weighted by Crippen LogP contribution is 2.27. The second kappa shape index (κ2) is 8.86. The van der Waals surface area contributed by atoms with Crippen molar-refractivity contribution in [1.29, 1.82) is 0 Å². The van der Waals surface area contributed by atoms with Crippen LogP contribution in [0.5, 0.6) is 0 Å². The van der Waals surface area contributed by atoms with E-state index >= 15 is 0 Å². The van der Waals surface area contributed by atoms with E-state index in [-0.39, 0.29) is 28.6 Å². The van der Waals surface area contributed by atoms with Crippen LogP contribution in [0.25, 0.3) is 0 Å². The number of anilines is 1. The number of nitrogens with zero attached hydrogens (tertiary/aromatic N) is 3. The molecule has 11 heteroatoms. The largest absolute Gasteiger partial charge is 0.379 e. The Labute approximate surface area is 183 Å². The van der Waals surface area contributed by atoms with Crippen LogP contribution in [-0.4, -0.2) is 54.7 Å². The number of aromatic nitrogens is 2. The number of rotatable bonds is 6. The Bertz CT molecular complexity index is 1140. The average molecular weight is 467 g/mol. The summed E-state index contributed by atoms with van der Waals surface area (Å²) in [4.78, 5) is 13.8. The molecular formula is C19H19ClN4O4S2. The number of halogens is 1. The molecule has 0 atom stereocenters. The predicted molar refractivity (Wildman–Crippen MR) is 115 cm³/mol. The van der Waals surface area contributed by atoms with Crippen molar-refractivity contribution < 1.29 is 17.9 Å². The van der Waals surface area contributed by atoms with Gasteiger partial charge in [0.15, 0.2) is 0 Å². The molecule has 0 radical (unpaired) electrons. The fraction of sp³-hybridized carbons (Fsp3) is 0.263. The fourth-order valence-electron chi connectivity index (χ4n) is 3.07. The highest BCUT2D eigenvalue weighted by molar-refractivity contribution is 7.89. The summed E-state index contributed by atoms with van der Waals surface area (Å²) in [5, 5.41) is 9.08. The topological polar surface area (TPSA) is 93.5 Å². The molecule has 1 aliphatic heterocycles. The Morgan fingerprint density at radius 2 is 2.03 bits per heavy atom. The summed E-state index contributed by atoms with van der Waals surface area (Å²) in [6.07, 6.45) is 1.60. The molecule has 2 aromatic heterocycles. The normalized spacial score (nSPS) is 15.2. The zero-order valence-corrected chi connectivity index (χ0v) is 18.2. The zero-order chi connectivity index (χ0) is 21.1. The van der Waals surface area contributed by atoms with Crippen LogP contribution in [0.2, 0.25) is 5.02 Å². The van der Waals surface area contributed by atoms with Gasteiger partial charge in [0.05, 0.1) is 31.0 Å². The minimum absolute atomic E-state index is 0.0702. The Morgan fingerprint density at radius 3 is 2.77 bits per heavy atom. The van der Waals surface area contributed by atoms with E-state index < -0.39 is 15.9 Å². The summed E-state index contributed by atoms with van der Waals surface area (Å²) in [7, 11) is -3.83. The molecule has 0 spiro atoms. The molecule has 158 valence electrons. The van der Waals surface area contributed by atoms with Gasteiger partial charge in [-0.15, -0.1) is 11.3 Å². The van der Waals surface area contributed by atoms with Crippen LogP contribution in [0.3, 0.4) is 0 Å². The van der Waals surface area contributed by atoms with Crippen LogP contribution >= 0.6 is 22.9 Å². The number of hydrogen-bond acceptors (Lipinski definition) is 6. The number of nitrogens with one attached hydrogen (secondary N) is 1. The maximum absolute atomic E-state index is 13.0. The number of morpholine rings is 1. The number of carbonyl (C=O) groups is 1. The smallest absolute Gasteiger partial charge is 0.256 e. The van der Waals surface area contributed by atoms with E-state index in [2.05, 4.69) is 10.4 Å². The molecule has 0 saturated carbocycles. The third-order valence-electron chi connectivity index (χ3n) is 4.63. The van der Waals surface area contributed by atoms with Gasteiger partial charge in [0.2, 0.25) is 10.0 Å². The Balaban J connectivity index is 1.56. The lowest BCUT2D eigenvalue weighted by Crippen LogP contribution is -2.40. The Morgan fingerprint density at radius 1 is 1.23 bits per heavy atom. The van der Waals surface area contributed by atoms with Crippen LogP contribution in [0.4, 0.5) is 5.82 Å². The molecule has 1 aromatic carbocycles. The molecule has 8 nitrogen and oxygen atoms in total. The summed E-state index contributed by atoms with van der Waals surface area (Å²) in [6, 6.07) is 9.85. The SMILES string of the molecule is O=C(Nc1ccnn1Cc1cccs1)c1ccc(Cl)c(S(=O)(=O)N2CCOCC2)c1. The van der Waals surface area contributed by atoms with Crippen LogP contribution < -0.4 is 5.32 Å². The van der Waals surface area contributed by atoms with Crippen molar-refractivity contribution in [3.63, 3.8) is 0 Å². The standard InChI is InChI=1S/C19H19ClN4O4S2/c20-16-4-3-14(12-17(16)30(26,27)23-7-9-28-10-8-23)19(25)22-18-5-6-21-24(18)13-15-2-1-11-29-15/h1-6,11-12H,7-10,13H2,(H,22,25). The van der Waals surface area contributed by atoms with Gasteiger partial charge in [-0.1, -0.05) is 17.7 Å². The molecule has 30 heavy (non-hydrogen) atoms. The average Bonchev–Trinajstić information content (AvgIpc) is 3.41. The van der Waals surface area contributed by atoms with Crippen LogP contribution in [0, 0.1) is 0 Å². The van der Waals surface area contributed by atoms with Crippen molar-refractivity contribution >= 4 is 44.7 Å². The van der Waals surface area contributed by atoms with Crippen LogP contribution in [0.15, 0.2) is 52.9 Å². The van der Waals surface area contributed by atoms with Crippen molar-refractivity contribution in [2.45, 2.75) is 11.4 Å². The predicted octanol–water partition coefficient (Wildman–Crippen LogP) is 2.92. The van der Waals surface area contributed by atoms with Crippen molar-refractivity contribution in [2.24, 2.45) is 0 Å². The van der Waals surface area contributed by atoms with E-state index in [9.17, 15) is 13.2 Å². The summed E-state index contributed by atoms with van der Waals surface area (Å²) in [5.41, 5.74) is 0.190. The zero-order valence-electron chi connectivity index (χ0n) is 15.8. The summed E-state index contributed by atoms with van der Waals surface area (Å²) in [6.45, 7) is 1.67. The molecular weight excluding hydrogens is 448 g/mol. The van der Waals surface area contributed by atoms with Gasteiger partial charge in [0, 0.05) is 29.6 Å². The quantitative estimate of drug-likeness (QED) is 0.602. The number of carbonyl (C=O) groups excluding carboxylic acids is 1. The minimum Gasteiger partial charge on any atom is -0.379 e. The molecule has 3 aromatic rings. The molecule has 1 aliphatic rings. The summed E-state index contributed by atoms with van der Waals surface area (Å²) < 4.78 is 34.2. The highest BCUT2D eigenvalue weighted by Gasteiger charge is 2.29. The molecule has 1 amide bonds. The van der Waals surface area contributed by atoms with Gasteiger partial charge in [-0.05, 0) is 29.6 Å². The number of hydrogen-bond donors (Lipinski definition) is 1. The first-order valence-corrected chi connectivity index (χ1v) is 11.9. The minimum atomic E-state index is -3.83. The van der Waals surface area contributed by atoms with Crippen molar-refractivity contribution in [3.8, 4) is 0 Å². The van der Waals surface area contributed by atoms with Gasteiger partial charge in [-0.25, -0.2) is 13.1 Å². The first-order valence-electron chi connectivity index (χ1n) is 9.18. The van der Waals surface area contributed by atoms with Gasteiger partial charge in [0.25, 0.3) is 5.91 Å². The lowest BCUT2D eigenvalue weighted by Gasteiger charge is -2.26. The second-order valence-electron chi connectivity index (χ2n) is 6.57. The van der Waals surface area contributed by atoms with Gasteiger partial charge in [0.1, 0.15) is 10.7 Å². The number of amides is 1. The number of sulfonamides is 1. The molecule has 3 heterocycles. The van der Waals surface area contributed by atoms with Gasteiger partial charge in [-0.3, -0.25) is 4.79 Å².